The number of amides is 3. The highest BCUT2D eigenvalue weighted by Gasteiger charge is 2.31. The van der Waals surface area contributed by atoms with E-state index in [9.17, 15) is 9.59 Å². The number of hydrogen-bond acceptors (Lipinski definition) is 5. The summed E-state index contributed by atoms with van der Waals surface area (Å²) in [5, 5.41) is 7.04. The van der Waals surface area contributed by atoms with Crippen LogP contribution in [0.5, 0.6) is 0 Å². The van der Waals surface area contributed by atoms with Gasteiger partial charge in [-0.2, -0.15) is 0 Å². The number of likely N-dealkylation sites (N-methyl/N-ethyl adjacent to an activating group) is 1. The number of halogens is 2. The summed E-state index contributed by atoms with van der Waals surface area (Å²) in [5.41, 5.74) is 5.12. The normalized spacial score (nSPS) is 19.0. The van der Waals surface area contributed by atoms with E-state index in [1.165, 1.54) is 6.42 Å². The molecule has 0 saturated heterocycles. The molecule has 1 fully saturated rings. The molecular weight excluding hydrogens is 539 g/mol. The SMILES string of the molecule is CN1Cc2c(Cl)cc(Cl)cc2C(c2ccc3c(c2)C(=O)N(CCOCCOCCNC(=O)NC2CCC2)C3)C1. The number of hydrogen-bond donors (Lipinski definition) is 2. The number of carbonyl (C=O) groups excluding carboxylic acids is 2. The van der Waals surface area contributed by atoms with Crippen molar-refractivity contribution in [3.63, 3.8) is 0 Å². The van der Waals surface area contributed by atoms with Gasteiger partial charge in [-0.25, -0.2) is 4.79 Å². The van der Waals surface area contributed by atoms with E-state index >= 15 is 0 Å². The van der Waals surface area contributed by atoms with Gasteiger partial charge in [-0.1, -0.05) is 35.3 Å². The minimum atomic E-state index is -0.132. The number of rotatable bonds is 11. The summed E-state index contributed by atoms with van der Waals surface area (Å²) in [6, 6.07) is 10.2. The van der Waals surface area contributed by atoms with Gasteiger partial charge >= 0.3 is 6.03 Å². The van der Waals surface area contributed by atoms with E-state index in [0.717, 1.165) is 53.7 Å². The molecule has 0 bridgehead atoms. The minimum absolute atomic E-state index is 0.0338. The number of urea groups is 1. The van der Waals surface area contributed by atoms with Gasteiger partial charge in [-0.05, 0) is 66.8 Å². The third-order valence-electron chi connectivity index (χ3n) is 7.76. The molecule has 2 aliphatic heterocycles. The van der Waals surface area contributed by atoms with Crippen LogP contribution in [0.3, 0.4) is 0 Å². The Kier molecular flexibility index (Phi) is 9.30. The van der Waals surface area contributed by atoms with Crippen molar-refractivity contribution in [3.8, 4) is 0 Å². The standard InChI is InChI=1S/C29H36Cl2N4O4/c1-34-17-25(24-14-21(30)15-27(31)26(24)18-34)19-5-6-20-16-35(28(36)23(20)13-19)8-10-39-12-11-38-9-7-32-29(37)33-22-3-2-4-22/h5-6,13-15,22,25H,2-4,7-12,16-18H2,1H3,(H2,32,33,37). The third-order valence-corrected chi connectivity index (χ3v) is 8.31. The van der Waals surface area contributed by atoms with E-state index in [0.29, 0.717) is 62.1 Å². The second-order valence-electron chi connectivity index (χ2n) is 10.6. The molecule has 2 aromatic carbocycles. The Bertz CT molecular complexity index is 1210. The Morgan fingerprint density at radius 2 is 1.85 bits per heavy atom. The van der Waals surface area contributed by atoms with Crippen LogP contribution in [0.4, 0.5) is 4.79 Å². The molecule has 39 heavy (non-hydrogen) atoms. The average molecular weight is 576 g/mol. The average Bonchev–Trinajstić information content (AvgIpc) is 3.20. The molecule has 2 N–H and O–H groups in total. The summed E-state index contributed by atoms with van der Waals surface area (Å²) in [4.78, 5) is 29.0. The molecule has 3 amide bonds. The molecule has 0 spiro atoms. The number of carbonyl (C=O) groups is 2. The second kappa shape index (κ2) is 12.9. The lowest BCUT2D eigenvalue weighted by atomic mass is 9.84. The van der Waals surface area contributed by atoms with Gasteiger partial charge in [0.05, 0.1) is 26.4 Å². The van der Waals surface area contributed by atoms with Crippen molar-refractivity contribution in [2.24, 2.45) is 0 Å². The lowest BCUT2D eigenvalue weighted by molar-refractivity contribution is 0.0377. The summed E-state index contributed by atoms with van der Waals surface area (Å²) < 4.78 is 11.2. The summed E-state index contributed by atoms with van der Waals surface area (Å²) in [5.74, 6) is 0.129. The van der Waals surface area contributed by atoms with Crippen LogP contribution in [0, 0.1) is 0 Å². The zero-order valence-electron chi connectivity index (χ0n) is 22.3. The first-order valence-corrected chi connectivity index (χ1v) is 14.4. The largest absolute Gasteiger partial charge is 0.377 e. The van der Waals surface area contributed by atoms with Crippen LogP contribution >= 0.6 is 23.2 Å². The molecule has 2 heterocycles. The van der Waals surface area contributed by atoms with Gasteiger partial charge < -0.3 is 29.9 Å². The first kappa shape index (κ1) is 28.2. The van der Waals surface area contributed by atoms with Gasteiger partial charge in [0, 0.05) is 60.3 Å². The van der Waals surface area contributed by atoms with Crippen LogP contribution in [0.2, 0.25) is 10.0 Å². The smallest absolute Gasteiger partial charge is 0.315 e. The fourth-order valence-electron chi connectivity index (χ4n) is 5.43. The van der Waals surface area contributed by atoms with E-state index in [2.05, 4.69) is 34.7 Å². The summed E-state index contributed by atoms with van der Waals surface area (Å²) in [6.07, 6.45) is 3.32. The minimum Gasteiger partial charge on any atom is -0.377 e. The van der Waals surface area contributed by atoms with Crippen molar-refractivity contribution in [2.75, 3.05) is 53.1 Å². The van der Waals surface area contributed by atoms with Crippen molar-refractivity contribution in [3.05, 3.63) is 68.2 Å². The van der Waals surface area contributed by atoms with Crippen LogP contribution in [0.1, 0.15) is 57.8 Å². The van der Waals surface area contributed by atoms with Gasteiger partial charge in [0.1, 0.15) is 0 Å². The third kappa shape index (κ3) is 6.87. The maximum Gasteiger partial charge on any atom is 0.315 e. The van der Waals surface area contributed by atoms with E-state index in [1.807, 2.05) is 17.0 Å². The molecule has 2 aromatic rings. The monoisotopic (exact) mass is 574 g/mol. The highest BCUT2D eigenvalue weighted by molar-refractivity contribution is 6.35. The van der Waals surface area contributed by atoms with E-state index in [-0.39, 0.29) is 17.9 Å². The number of nitrogens with zero attached hydrogens (tertiary/aromatic N) is 2. The fraction of sp³-hybridized carbons (Fsp3) is 0.517. The Morgan fingerprint density at radius 3 is 2.62 bits per heavy atom. The summed E-state index contributed by atoms with van der Waals surface area (Å²) >= 11 is 12.9. The second-order valence-corrected chi connectivity index (χ2v) is 11.4. The lowest BCUT2D eigenvalue weighted by Crippen LogP contribution is -2.45. The molecule has 1 unspecified atom stereocenters. The quantitative estimate of drug-likeness (QED) is 0.388. The molecule has 3 aliphatic rings. The molecule has 1 atom stereocenters. The molecule has 8 nitrogen and oxygen atoms in total. The Morgan fingerprint density at radius 1 is 1.05 bits per heavy atom. The van der Waals surface area contributed by atoms with E-state index < -0.39 is 0 Å². The summed E-state index contributed by atoms with van der Waals surface area (Å²) in [7, 11) is 2.08. The number of nitrogens with one attached hydrogen (secondary N) is 2. The maximum atomic E-state index is 13.2. The Labute approximate surface area is 239 Å². The van der Waals surface area contributed by atoms with Crippen molar-refractivity contribution < 1.29 is 19.1 Å². The van der Waals surface area contributed by atoms with Crippen molar-refractivity contribution in [1.82, 2.24) is 20.4 Å². The molecule has 10 heteroatoms. The van der Waals surface area contributed by atoms with Gasteiger partial charge in [-0.15, -0.1) is 0 Å². The maximum absolute atomic E-state index is 13.2. The van der Waals surface area contributed by atoms with Crippen LogP contribution < -0.4 is 10.6 Å². The van der Waals surface area contributed by atoms with Gasteiger partial charge in [-0.3, -0.25) is 4.79 Å². The van der Waals surface area contributed by atoms with Crippen molar-refractivity contribution in [1.29, 1.82) is 0 Å². The Balaban J connectivity index is 1.05. The van der Waals surface area contributed by atoms with Gasteiger partial charge in [0.2, 0.25) is 0 Å². The zero-order chi connectivity index (χ0) is 27.4. The van der Waals surface area contributed by atoms with Crippen molar-refractivity contribution >= 4 is 35.1 Å². The van der Waals surface area contributed by atoms with Gasteiger partial charge in [0.15, 0.2) is 0 Å². The van der Waals surface area contributed by atoms with Crippen molar-refractivity contribution in [2.45, 2.75) is 44.3 Å². The van der Waals surface area contributed by atoms with Crippen LogP contribution in [0.15, 0.2) is 30.3 Å². The molecule has 210 valence electrons. The first-order valence-electron chi connectivity index (χ1n) is 13.7. The number of benzene rings is 2. The zero-order valence-corrected chi connectivity index (χ0v) is 23.8. The topological polar surface area (TPSA) is 83.1 Å². The summed E-state index contributed by atoms with van der Waals surface area (Å²) in [6.45, 7) is 4.93. The van der Waals surface area contributed by atoms with Crippen LogP contribution in [0.25, 0.3) is 0 Å². The predicted molar refractivity (Wildman–Crippen MR) is 152 cm³/mol. The first-order chi connectivity index (χ1) is 18.9. The van der Waals surface area contributed by atoms with Crippen LogP contribution in [-0.4, -0.2) is 80.9 Å². The highest BCUT2D eigenvalue weighted by Crippen LogP contribution is 2.39. The van der Waals surface area contributed by atoms with Crippen LogP contribution in [-0.2, 0) is 22.6 Å². The molecule has 5 rings (SSSR count). The Hall–Kier alpha value is -2.36. The van der Waals surface area contributed by atoms with Gasteiger partial charge in [0.25, 0.3) is 5.91 Å². The number of fused-ring (bicyclic) bond motifs is 2. The predicted octanol–water partition coefficient (Wildman–Crippen LogP) is 4.41. The van der Waals surface area contributed by atoms with E-state index in [4.69, 9.17) is 32.7 Å². The fourth-order valence-corrected chi connectivity index (χ4v) is 6.00. The molecule has 0 radical (unpaired) electrons. The molecular formula is C29H36Cl2N4O4. The van der Waals surface area contributed by atoms with E-state index in [1.54, 1.807) is 6.07 Å². The molecule has 1 aliphatic carbocycles. The highest BCUT2D eigenvalue weighted by atomic mass is 35.5. The molecule has 0 aromatic heterocycles. The lowest BCUT2D eigenvalue weighted by Gasteiger charge is -2.33. The molecule has 1 saturated carbocycles. The number of ether oxygens (including phenoxy) is 2.